The van der Waals surface area contributed by atoms with E-state index in [1.54, 1.807) is 24.3 Å². The van der Waals surface area contributed by atoms with Crippen molar-refractivity contribution in [1.29, 1.82) is 0 Å². The minimum atomic E-state index is -1.16. The summed E-state index contributed by atoms with van der Waals surface area (Å²) in [4.78, 5) is 51.6. The van der Waals surface area contributed by atoms with Gasteiger partial charge < -0.3 is 19.7 Å². The first-order valence-corrected chi connectivity index (χ1v) is 7.31. The number of aromatic amines is 1. The maximum atomic E-state index is 12.4. The normalized spacial score (nSPS) is 17.8. The fourth-order valence-corrected chi connectivity index (χ4v) is 2.60. The van der Waals surface area contributed by atoms with Crippen LogP contribution in [-0.4, -0.2) is 57.2 Å². The van der Waals surface area contributed by atoms with Crippen LogP contribution in [-0.2, 0) is 20.9 Å². The summed E-state index contributed by atoms with van der Waals surface area (Å²) in [5.41, 5.74) is -0.852. The van der Waals surface area contributed by atoms with Crippen LogP contribution in [0.4, 0.5) is 0 Å². The van der Waals surface area contributed by atoms with E-state index >= 15 is 0 Å². The van der Waals surface area contributed by atoms with Crippen LogP contribution in [0.5, 0.6) is 0 Å². The van der Waals surface area contributed by atoms with Crippen LogP contribution in [0.25, 0.3) is 10.9 Å². The lowest BCUT2D eigenvalue weighted by Gasteiger charge is -2.30. The molecule has 0 unspecified atom stereocenters. The molecule has 3 rings (SSSR count). The summed E-state index contributed by atoms with van der Waals surface area (Å²) >= 11 is 0. The molecule has 0 bridgehead atoms. The lowest BCUT2D eigenvalue weighted by atomic mass is 10.2. The van der Waals surface area contributed by atoms with E-state index in [-0.39, 0.29) is 19.7 Å². The van der Waals surface area contributed by atoms with Crippen LogP contribution in [0.2, 0.25) is 0 Å². The van der Waals surface area contributed by atoms with E-state index in [2.05, 4.69) is 4.98 Å². The van der Waals surface area contributed by atoms with Gasteiger partial charge in [-0.1, -0.05) is 12.1 Å². The van der Waals surface area contributed by atoms with Gasteiger partial charge in [0.05, 0.1) is 24.1 Å². The Labute approximate surface area is 135 Å². The molecule has 1 fully saturated rings. The number of amides is 1. The number of para-hydroxylation sites is 1. The quantitative estimate of drug-likeness (QED) is 0.743. The zero-order valence-corrected chi connectivity index (χ0v) is 12.6. The van der Waals surface area contributed by atoms with Crippen molar-refractivity contribution in [3.05, 3.63) is 45.1 Å². The minimum absolute atomic E-state index is 0.0890. The number of carbonyl (C=O) groups excluding carboxylic acids is 1. The van der Waals surface area contributed by atoms with Gasteiger partial charge in [-0.2, -0.15) is 0 Å². The van der Waals surface area contributed by atoms with E-state index < -0.39 is 35.8 Å². The highest BCUT2D eigenvalue weighted by Gasteiger charge is 2.29. The molecule has 1 aromatic heterocycles. The van der Waals surface area contributed by atoms with Crippen molar-refractivity contribution in [3.63, 3.8) is 0 Å². The predicted molar refractivity (Wildman–Crippen MR) is 82.8 cm³/mol. The molecule has 1 aromatic carbocycles. The van der Waals surface area contributed by atoms with Crippen molar-refractivity contribution in [1.82, 2.24) is 14.5 Å². The fourth-order valence-electron chi connectivity index (χ4n) is 2.60. The zero-order chi connectivity index (χ0) is 17.3. The molecule has 0 saturated carbocycles. The van der Waals surface area contributed by atoms with E-state index in [1.807, 2.05) is 0 Å². The second-order valence-corrected chi connectivity index (χ2v) is 5.40. The average Bonchev–Trinajstić information content (AvgIpc) is 2.58. The Bertz CT molecular complexity index is 915. The van der Waals surface area contributed by atoms with Crippen LogP contribution in [0.3, 0.4) is 0 Å². The molecule has 1 saturated heterocycles. The Hall–Kier alpha value is -2.94. The maximum Gasteiger partial charge on any atom is 0.334 e. The second kappa shape index (κ2) is 6.28. The first-order chi connectivity index (χ1) is 11.5. The molecular weight excluding hydrogens is 318 g/mol. The SMILES string of the molecule is O=C(O)[C@@H]1CN(C(=O)Cn2c(=O)[nH]c3ccccc3c2=O)CCO1. The fraction of sp³-hybridized carbons (Fsp3) is 0.333. The molecule has 1 aliphatic rings. The molecule has 0 radical (unpaired) electrons. The molecule has 126 valence electrons. The molecule has 9 nitrogen and oxygen atoms in total. The third-order valence-electron chi connectivity index (χ3n) is 3.88. The number of benzene rings is 1. The van der Waals surface area contributed by atoms with E-state index in [0.717, 1.165) is 4.57 Å². The van der Waals surface area contributed by atoms with Crippen LogP contribution in [0.15, 0.2) is 33.9 Å². The number of hydrogen-bond donors (Lipinski definition) is 2. The van der Waals surface area contributed by atoms with Crippen LogP contribution < -0.4 is 11.2 Å². The van der Waals surface area contributed by atoms with E-state index in [4.69, 9.17) is 9.84 Å². The van der Waals surface area contributed by atoms with Crippen molar-refractivity contribution in [3.8, 4) is 0 Å². The van der Waals surface area contributed by atoms with Gasteiger partial charge in [0.2, 0.25) is 5.91 Å². The van der Waals surface area contributed by atoms with Crippen molar-refractivity contribution in [2.75, 3.05) is 19.7 Å². The summed E-state index contributed by atoms with van der Waals surface area (Å²) < 4.78 is 5.86. The van der Waals surface area contributed by atoms with Crippen LogP contribution in [0.1, 0.15) is 0 Å². The third-order valence-corrected chi connectivity index (χ3v) is 3.88. The van der Waals surface area contributed by atoms with Gasteiger partial charge in [-0.15, -0.1) is 0 Å². The number of rotatable bonds is 3. The Kier molecular flexibility index (Phi) is 4.17. The molecule has 2 aromatic rings. The minimum Gasteiger partial charge on any atom is -0.479 e. The summed E-state index contributed by atoms with van der Waals surface area (Å²) in [6, 6.07) is 6.51. The van der Waals surface area contributed by atoms with Crippen molar-refractivity contribution in [2.45, 2.75) is 12.6 Å². The number of fused-ring (bicyclic) bond motifs is 1. The molecular formula is C15H15N3O6. The first kappa shape index (κ1) is 15.9. The third kappa shape index (κ3) is 2.93. The van der Waals surface area contributed by atoms with Gasteiger partial charge in [0.1, 0.15) is 6.54 Å². The monoisotopic (exact) mass is 333 g/mol. The van der Waals surface area contributed by atoms with Crippen LogP contribution >= 0.6 is 0 Å². The maximum absolute atomic E-state index is 12.4. The van der Waals surface area contributed by atoms with Crippen molar-refractivity contribution >= 4 is 22.8 Å². The summed E-state index contributed by atoms with van der Waals surface area (Å²) in [7, 11) is 0. The number of morpholine rings is 1. The molecule has 2 heterocycles. The summed E-state index contributed by atoms with van der Waals surface area (Å²) in [5, 5.41) is 9.26. The molecule has 24 heavy (non-hydrogen) atoms. The number of aliphatic carboxylic acids is 1. The zero-order valence-electron chi connectivity index (χ0n) is 12.6. The number of carbonyl (C=O) groups is 2. The molecule has 0 spiro atoms. The lowest BCUT2D eigenvalue weighted by Crippen LogP contribution is -2.51. The molecule has 1 aliphatic heterocycles. The van der Waals surface area contributed by atoms with E-state index in [9.17, 15) is 19.2 Å². The number of nitrogens with one attached hydrogen (secondary N) is 1. The Morgan fingerprint density at radius 2 is 2.04 bits per heavy atom. The van der Waals surface area contributed by atoms with Gasteiger partial charge in [-0.25, -0.2) is 9.59 Å². The van der Waals surface area contributed by atoms with E-state index in [1.165, 1.54) is 4.90 Å². The lowest BCUT2D eigenvalue weighted by molar-refractivity contribution is -0.159. The number of aromatic nitrogens is 2. The molecule has 2 N–H and O–H groups in total. The average molecular weight is 333 g/mol. The molecule has 1 atom stereocenters. The van der Waals surface area contributed by atoms with E-state index in [0.29, 0.717) is 10.9 Å². The second-order valence-electron chi connectivity index (χ2n) is 5.40. The number of nitrogens with zero attached hydrogens (tertiary/aromatic N) is 2. The summed E-state index contributed by atoms with van der Waals surface area (Å²) in [5.74, 6) is -1.67. The molecule has 1 amide bonds. The Morgan fingerprint density at radius 1 is 1.29 bits per heavy atom. The Balaban J connectivity index is 1.87. The molecule has 0 aliphatic carbocycles. The van der Waals surface area contributed by atoms with Crippen molar-refractivity contribution < 1.29 is 19.4 Å². The van der Waals surface area contributed by atoms with Gasteiger partial charge in [0, 0.05) is 6.54 Å². The van der Waals surface area contributed by atoms with Crippen molar-refractivity contribution in [2.24, 2.45) is 0 Å². The number of H-pyrrole nitrogens is 1. The Morgan fingerprint density at radius 3 is 2.79 bits per heavy atom. The van der Waals surface area contributed by atoms with Gasteiger partial charge >= 0.3 is 11.7 Å². The van der Waals surface area contributed by atoms with Gasteiger partial charge in [-0.05, 0) is 12.1 Å². The number of hydrogen-bond acceptors (Lipinski definition) is 5. The number of carboxylic acid groups (broad SMARTS) is 1. The molecule has 9 heteroatoms. The predicted octanol–water partition coefficient (Wildman–Crippen LogP) is -0.998. The number of carboxylic acids is 1. The number of ether oxygens (including phenoxy) is 1. The van der Waals surface area contributed by atoms with Gasteiger partial charge in [0.15, 0.2) is 6.10 Å². The topological polar surface area (TPSA) is 122 Å². The highest BCUT2D eigenvalue weighted by molar-refractivity contribution is 5.80. The summed E-state index contributed by atoms with van der Waals surface area (Å²) in [6.45, 7) is -0.270. The standard InChI is InChI=1S/C15H15N3O6/c19-12(17-5-6-24-11(7-17)14(21)22)8-18-13(20)9-3-1-2-4-10(9)16-15(18)23/h1-4,11H,5-8H2,(H,16,23)(H,21,22)/t11-/m0/s1. The largest absolute Gasteiger partial charge is 0.479 e. The van der Waals surface area contributed by atoms with Gasteiger partial charge in [0.25, 0.3) is 5.56 Å². The highest BCUT2D eigenvalue weighted by atomic mass is 16.5. The first-order valence-electron chi connectivity index (χ1n) is 7.31. The van der Waals surface area contributed by atoms with Crippen LogP contribution in [0, 0.1) is 0 Å². The van der Waals surface area contributed by atoms with Gasteiger partial charge in [-0.3, -0.25) is 14.2 Å². The smallest absolute Gasteiger partial charge is 0.334 e. The highest BCUT2D eigenvalue weighted by Crippen LogP contribution is 2.07. The summed E-state index contributed by atoms with van der Waals surface area (Å²) in [6.07, 6.45) is -1.10.